The standard InChI is InChI=1S/C33H42N4O6S/c1-33(2,3)36-31(40)26-18-12-11-17-25(26)20-29(38)27(19-23-13-7-5-8-14-23)35-32(41)28(37-44(4,42)43)21-30(39)34-22-24-15-9-6-10-16-24/h5-18,27-29,37-38H,19-22H2,1-4H3,(H,34,39)(H,35,41)(H,36,40)/t27-,28+,29+/m0/s1. The Morgan fingerprint density at radius 3 is 1.98 bits per heavy atom. The average Bonchev–Trinajstić information content (AvgIpc) is 2.95. The number of hydrogen-bond acceptors (Lipinski definition) is 6. The van der Waals surface area contributed by atoms with Crippen molar-refractivity contribution in [3.8, 4) is 0 Å². The molecule has 3 atom stereocenters. The van der Waals surface area contributed by atoms with E-state index in [4.69, 9.17) is 0 Å². The summed E-state index contributed by atoms with van der Waals surface area (Å²) < 4.78 is 26.6. The Labute approximate surface area is 259 Å². The molecule has 0 aliphatic carbocycles. The first-order valence-corrected chi connectivity index (χ1v) is 16.3. The summed E-state index contributed by atoms with van der Waals surface area (Å²) in [4.78, 5) is 39.3. The Hall–Kier alpha value is -4.06. The van der Waals surface area contributed by atoms with E-state index in [1.54, 1.807) is 24.3 Å². The Morgan fingerprint density at radius 1 is 0.818 bits per heavy atom. The number of benzene rings is 3. The van der Waals surface area contributed by atoms with Crippen molar-refractivity contribution >= 4 is 27.7 Å². The van der Waals surface area contributed by atoms with Crippen LogP contribution in [0.4, 0.5) is 0 Å². The quantitative estimate of drug-likeness (QED) is 0.186. The second-order valence-electron chi connectivity index (χ2n) is 11.8. The van der Waals surface area contributed by atoms with Crippen molar-refractivity contribution in [3.63, 3.8) is 0 Å². The van der Waals surface area contributed by atoms with Crippen LogP contribution >= 0.6 is 0 Å². The second-order valence-corrected chi connectivity index (χ2v) is 13.6. The monoisotopic (exact) mass is 622 g/mol. The molecule has 0 aliphatic heterocycles. The van der Waals surface area contributed by atoms with Crippen molar-refractivity contribution in [3.05, 3.63) is 107 Å². The van der Waals surface area contributed by atoms with Crippen LogP contribution in [0.1, 0.15) is 54.2 Å². The number of carbonyl (C=O) groups excluding carboxylic acids is 3. The predicted octanol–water partition coefficient (Wildman–Crippen LogP) is 2.47. The fraction of sp³-hybridized carbons (Fsp3) is 0.364. The van der Waals surface area contributed by atoms with E-state index < -0.39 is 52.0 Å². The molecule has 10 nitrogen and oxygen atoms in total. The van der Waals surface area contributed by atoms with Crippen LogP contribution < -0.4 is 20.7 Å². The van der Waals surface area contributed by atoms with Gasteiger partial charge in [0.1, 0.15) is 6.04 Å². The lowest BCUT2D eigenvalue weighted by atomic mass is 9.93. The molecular formula is C33H42N4O6S. The molecule has 0 unspecified atom stereocenters. The number of hydrogen-bond donors (Lipinski definition) is 5. The molecule has 5 N–H and O–H groups in total. The lowest BCUT2D eigenvalue weighted by Crippen LogP contribution is -2.54. The molecule has 0 spiro atoms. The summed E-state index contributed by atoms with van der Waals surface area (Å²) in [7, 11) is -3.87. The normalized spacial score (nSPS) is 13.8. The first-order chi connectivity index (χ1) is 20.7. The van der Waals surface area contributed by atoms with Crippen molar-refractivity contribution in [2.24, 2.45) is 0 Å². The van der Waals surface area contributed by atoms with E-state index >= 15 is 0 Å². The fourth-order valence-corrected chi connectivity index (χ4v) is 5.34. The van der Waals surface area contributed by atoms with E-state index in [1.807, 2.05) is 81.4 Å². The molecular weight excluding hydrogens is 580 g/mol. The minimum atomic E-state index is -3.87. The molecule has 44 heavy (non-hydrogen) atoms. The first-order valence-electron chi connectivity index (χ1n) is 14.4. The first kappa shape index (κ1) is 34.4. The highest BCUT2D eigenvalue weighted by atomic mass is 32.2. The Morgan fingerprint density at radius 2 is 1.39 bits per heavy atom. The third-order valence-electron chi connectivity index (χ3n) is 6.66. The zero-order valence-corrected chi connectivity index (χ0v) is 26.4. The van der Waals surface area contributed by atoms with Gasteiger partial charge in [-0.25, -0.2) is 13.1 Å². The van der Waals surface area contributed by atoms with E-state index in [1.165, 1.54) is 0 Å². The summed E-state index contributed by atoms with van der Waals surface area (Å²) in [5.41, 5.74) is 2.18. The number of rotatable bonds is 14. The highest BCUT2D eigenvalue weighted by molar-refractivity contribution is 7.88. The SMILES string of the molecule is CC(C)(C)NC(=O)c1ccccc1C[C@@H](O)[C@H](Cc1ccccc1)NC(=O)[C@@H](CC(=O)NCc1ccccc1)NS(C)(=O)=O. The van der Waals surface area contributed by atoms with Crippen molar-refractivity contribution in [2.75, 3.05) is 6.26 Å². The number of nitrogens with one attached hydrogen (secondary N) is 4. The van der Waals surface area contributed by atoms with Crippen LogP contribution in [0.15, 0.2) is 84.9 Å². The number of amides is 3. The van der Waals surface area contributed by atoms with Crippen molar-refractivity contribution in [1.29, 1.82) is 0 Å². The average molecular weight is 623 g/mol. The second kappa shape index (κ2) is 15.6. The summed E-state index contributed by atoms with van der Waals surface area (Å²) >= 11 is 0. The third kappa shape index (κ3) is 11.9. The van der Waals surface area contributed by atoms with Crippen molar-refractivity contribution < 1.29 is 27.9 Å². The molecule has 0 saturated heterocycles. The van der Waals surface area contributed by atoms with Gasteiger partial charge < -0.3 is 21.1 Å². The molecule has 3 rings (SSSR count). The molecule has 3 aromatic rings. The van der Waals surface area contributed by atoms with Gasteiger partial charge in [0.25, 0.3) is 5.91 Å². The smallest absolute Gasteiger partial charge is 0.251 e. The highest BCUT2D eigenvalue weighted by Gasteiger charge is 2.30. The van der Waals surface area contributed by atoms with Gasteiger partial charge in [-0.2, -0.15) is 0 Å². The summed E-state index contributed by atoms with van der Waals surface area (Å²) in [5, 5.41) is 19.9. The number of carbonyl (C=O) groups is 3. The Bertz CT molecular complexity index is 1510. The number of aliphatic hydroxyl groups is 1. The molecule has 0 heterocycles. The summed E-state index contributed by atoms with van der Waals surface area (Å²) in [6, 6.07) is 23.0. The molecule has 0 aliphatic rings. The predicted molar refractivity (Wildman–Crippen MR) is 170 cm³/mol. The molecule has 0 bridgehead atoms. The fourth-order valence-electron chi connectivity index (χ4n) is 4.63. The van der Waals surface area contributed by atoms with Gasteiger partial charge in [0.2, 0.25) is 21.8 Å². The maximum Gasteiger partial charge on any atom is 0.251 e. The zero-order chi connectivity index (χ0) is 32.3. The topological polar surface area (TPSA) is 154 Å². The van der Waals surface area contributed by atoms with Gasteiger partial charge in [-0.05, 0) is 49.9 Å². The van der Waals surface area contributed by atoms with E-state index in [-0.39, 0.29) is 25.3 Å². The third-order valence-corrected chi connectivity index (χ3v) is 7.38. The van der Waals surface area contributed by atoms with Crippen LogP contribution in [-0.2, 0) is 39.0 Å². The van der Waals surface area contributed by atoms with Gasteiger partial charge in [-0.3, -0.25) is 14.4 Å². The van der Waals surface area contributed by atoms with Crippen LogP contribution in [0, 0.1) is 0 Å². The Balaban J connectivity index is 1.81. The molecule has 0 saturated carbocycles. The maximum atomic E-state index is 13.5. The molecule has 0 aromatic heterocycles. The zero-order valence-electron chi connectivity index (χ0n) is 25.5. The summed E-state index contributed by atoms with van der Waals surface area (Å²) in [5.74, 6) is -1.57. The number of aliphatic hydroxyl groups excluding tert-OH is 1. The minimum absolute atomic E-state index is 0.0350. The van der Waals surface area contributed by atoms with E-state index in [9.17, 15) is 27.9 Å². The largest absolute Gasteiger partial charge is 0.391 e. The van der Waals surface area contributed by atoms with Crippen LogP contribution in [-0.4, -0.2) is 61.2 Å². The molecule has 11 heteroatoms. The summed E-state index contributed by atoms with van der Waals surface area (Å²) in [6.45, 7) is 5.83. The van der Waals surface area contributed by atoms with Crippen LogP contribution in [0.2, 0.25) is 0 Å². The van der Waals surface area contributed by atoms with E-state index in [0.717, 1.165) is 17.4 Å². The Kier molecular flexibility index (Phi) is 12.2. The van der Waals surface area contributed by atoms with Crippen molar-refractivity contribution in [2.45, 2.75) is 70.3 Å². The van der Waals surface area contributed by atoms with Gasteiger partial charge in [0.05, 0.1) is 24.8 Å². The van der Waals surface area contributed by atoms with E-state index in [0.29, 0.717) is 11.1 Å². The summed E-state index contributed by atoms with van der Waals surface area (Å²) in [6.07, 6.45) is -0.447. The molecule has 236 valence electrons. The molecule has 3 aromatic carbocycles. The van der Waals surface area contributed by atoms with Crippen molar-refractivity contribution in [1.82, 2.24) is 20.7 Å². The lowest BCUT2D eigenvalue weighted by Gasteiger charge is -2.28. The van der Waals surface area contributed by atoms with Crippen LogP contribution in [0.25, 0.3) is 0 Å². The lowest BCUT2D eigenvalue weighted by molar-refractivity contribution is -0.129. The highest BCUT2D eigenvalue weighted by Crippen LogP contribution is 2.17. The van der Waals surface area contributed by atoms with Crippen LogP contribution in [0.5, 0.6) is 0 Å². The van der Waals surface area contributed by atoms with Gasteiger partial charge in [0.15, 0.2) is 0 Å². The van der Waals surface area contributed by atoms with Crippen LogP contribution in [0.3, 0.4) is 0 Å². The van der Waals surface area contributed by atoms with E-state index in [2.05, 4.69) is 20.7 Å². The molecule has 3 amide bonds. The van der Waals surface area contributed by atoms with Gasteiger partial charge in [-0.15, -0.1) is 0 Å². The maximum absolute atomic E-state index is 13.5. The number of sulfonamides is 1. The molecule has 0 radical (unpaired) electrons. The van der Waals surface area contributed by atoms with Gasteiger partial charge in [0, 0.05) is 24.1 Å². The molecule has 0 fully saturated rings. The van der Waals surface area contributed by atoms with Gasteiger partial charge >= 0.3 is 0 Å². The minimum Gasteiger partial charge on any atom is -0.391 e. The van der Waals surface area contributed by atoms with Gasteiger partial charge in [-0.1, -0.05) is 78.9 Å².